The van der Waals surface area contributed by atoms with Gasteiger partial charge in [0.1, 0.15) is 23.0 Å². The fourth-order valence-corrected chi connectivity index (χ4v) is 4.78. The SMILES string of the molecule is COc1cc(C2(C)C(C)C(C)(c3cc(OC)c(C)c(=O)o3)C2C)oc(=O)c1C. The molecule has 2 aromatic rings. The van der Waals surface area contributed by atoms with Gasteiger partial charge >= 0.3 is 11.3 Å². The summed E-state index contributed by atoms with van der Waals surface area (Å²) >= 11 is 0. The molecular formula is C22H28O6. The van der Waals surface area contributed by atoms with E-state index in [-0.39, 0.29) is 11.8 Å². The summed E-state index contributed by atoms with van der Waals surface area (Å²) in [7, 11) is 3.08. The minimum absolute atomic E-state index is 0.0288. The third kappa shape index (κ3) is 2.46. The Hall–Kier alpha value is -2.50. The summed E-state index contributed by atoms with van der Waals surface area (Å²) in [4.78, 5) is 24.6. The van der Waals surface area contributed by atoms with Crippen molar-refractivity contribution < 1.29 is 18.3 Å². The maximum absolute atomic E-state index is 12.3. The maximum atomic E-state index is 12.3. The second-order valence-corrected chi connectivity index (χ2v) is 8.19. The van der Waals surface area contributed by atoms with Crippen LogP contribution in [0.1, 0.15) is 50.3 Å². The van der Waals surface area contributed by atoms with Crippen LogP contribution in [0.15, 0.2) is 30.6 Å². The molecule has 28 heavy (non-hydrogen) atoms. The molecule has 0 unspecified atom stereocenters. The van der Waals surface area contributed by atoms with Crippen LogP contribution in [-0.2, 0) is 10.8 Å². The average molecular weight is 388 g/mol. The molecule has 6 nitrogen and oxygen atoms in total. The van der Waals surface area contributed by atoms with Crippen LogP contribution in [0.25, 0.3) is 0 Å². The summed E-state index contributed by atoms with van der Waals surface area (Å²) in [5, 5.41) is 0. The van der Waals surface area contributed by atoms with Crippen LogP contribution in [0, 0.1) is 25.7 Å². The maximum Gasteiger partial charge on any atom is 0.342 e. The van der Waals surface area contributed by atoms with Gasteiger partial charge in [-0.25, -0.2) is 9.59 Å². The predicted octanol–water partition coefficient (Wildman–Crippen LogP) is 3.73. The highest BCUT2D eigenvalue weighted by Gasteiger charge is 2.66. The lowest BCUT2D eigenvalue weighted by Crippen LogP contribution is -2.65. The normalized spacial score (nSPS) is 29.3. The molecule has 6 heteroatoms. The third-order valence-electron chi connectivity index (χ3n) is 7.38. The first-order valence-electron chi connectivity index (χ1n) is 9.41. The van der Waals surface area contributed by atoms with Gasteiger partial charge in [0.15, 0.2) is 0 Å². The molecule has 0 radical (unpaired) electrons. The van der Waals surface area contributed by atoms with Crippen molar-refractivity contribution in [2.24, 2.45) is 11.8 Å². The minimum Gasteiger partial charge on any atom is -0.496 e. The van der Waals surface area contributed by atoms with Crippen LogP contribution in [0.2, 0.25) is 0 Å². The van der Waals surface area contributed by atoms with Crippen molar-refractivity contribution in [1.29, 1.82) is 0 Å². The van der Waals surface area contributed by atoms with E-state index in [0.29, 0.717) is 34.1 Å². The van der Waals surface area contributed by atoms with Crippen molar-refractivity contribution >= 4 is 0 Å². The van der Waals surface area contributed by atoms with E-state index in [0.717, 1.165) is 0 Å². The Bertz CT molecular complexity index is 937. The van der Waals surface area contributed by atoms with Crippen LogP contribution in [-0.4, -0.2) is 14.2 Å². The monoisotopic (exact) mass is 388 g/mol. The zero-order chi connectivity index (χ0) is 21.0. The Labute approximate surface area is 164 Å². The van der Waals surface area contributed by atoms with Crippen molar-refractivity contribution in [3.63, 3.8) is 0 Å². The highest BCUT2D eigenvalue weighted by atomic mass is 16.5. The Kier molecular flexibility index (Phi) is 4.72. The molecule has 1 saturated carbocycles. The molecule has 1 fully saturated rings. The van der Waals surface area contributed by atoms with E-state index in [1.165, 1.54) is 0 Å². The number of ether oxygens (including phenoxy) is 2. The first-order chi connectivity index (χ1) is 13.0. The van der Waals surface area contributed by atoms with Crippen LogP contribution in [0.5, 0.6) is 11.5 Å². The standard InChI is InChI=1S/C22H28O6/c1-11-15(25-7)9-17(27-19(11)23)21(5)13(3)22(6,14(21)4)18-10-16(26-8)12(2)20(24)28-18/h9-10,13-14H,1-8H3. The molecule has 2 heterocycles. The molecule has 0 atom stereocenters. The highest BCUT2D eigenvalue weighted by Crippen LogP contribution is 2.64. The molecule has 3 rings (SSSR count). The van der Waals surface area contributed by atoms with Gasteiger partial charge in [0, 0.05) is 23.0 Å². The summed E-state index contributed by atoms with van der Waals surface area (Å²) in [6.07, 6.45) is 0. The number of methoxy groups -OCH3 is 2. The van der Waals surface area contributed by atoms with E-state index in [9.17, 15) is 9.59 Å². The van der Waals surface area contributed by atoms with E-state index in [4.69, 9.17) is 18.3 Å². The lowest BCUT2D eigenvalue weighted by molar-refractivity contribution is -0.0744. The van der Waals surface area contributed by atoms with Gasteiger partial charge in [0.25, 0.3) is 0 Å². The van der Waals surface area contributed by atoms with Gasteiger partial charge < -0.3 is 18.3 Å². The summed E-state index contributed by atoms with van der Waals surface area (Å²) in [6.45, 7) is 11.7. The molecule has 1 aliphatic carbocycles. The predicted molar refractivity (Wildman–Crippen MR) is 106 cm³/mol. The quantitative estimate of drug-likeness (QED) is 0.794. The van der Waals surface area contributed by atoms with Crippen LogP contribution < -0.4 is 20.7 Å². The van der Waals surface area contributed by atoms with Gasteiger partial charge in [-0.1, -0.05) is 27.7 Å². The van der Waals surface area contributed by atoms with Gasteiger partial charge in [0.2, 0.25) is 0 Å². The Morgan fingerprint density at radius 2 is 1.11 bits per heavy atom. The first-order valence-corrected chi connectivity index (χ1v) is 9.41. The molecule has 0 amide bonds. The molecule has 1 aliphatic rings. The van der Waals surface area contributed by atoms with Crippen molar-refractivity contribution in [3.8, 4) is 11.5 Å². The second kappa shape index (κ2) is 6.54. The summed E-state index contributed by atoms with van der Waals surface area (Å²) in [5.74, 6) is 2.26. The van der Waals surface area contributed by atoms with Crippen molar-refractivity contribution in [2.45, 2.75) is 52.4 Å². The molecular weight excluding hydrogens is 360 g/mol. The first kappa shape index (κ1) is 20.2. The van der Waals surface area contributed by atoms with E-state index in [1.54, 1.807) is 40.2 Å². The van der Waals surface area contributed by atoms with Gasteiger partial charge in [0.05, 0.1) is 25.3 Å². The van der Waals surface area contributed by atoms with Gasteiger partial charge in [-0.2, -0.15) is 0 Å². The fraction of sp³-hybridized carbons (Fsp3) is 0.545. The lowest BCUT2D eigenvalue weighted by Gasteiger charge is -2.63. The number of hydrogen-bond donors (Lipinski definition) is 0. The average Bonchev–Trinajstić information content (AvgIpc) is 2.69. The summed E-state index contributed by atoms with van der Waals surface area (Å²) in [5.41, 5.74) is -0.741. The zero-order valence-electron chi connectivity index (χ0n) is 17.8. The summed E-state index contributed by atoms with van der Waals surface area (Å²) < 4.78 is 22.0. The smallest absolute Gasteiger partial charge is 0.342 e. The van der Waals surface area contributed by atoms with Gasteiger partial charge in [-0.3, -0.25) is 0 Å². The van der Waals surface area contributed by atoms with Crippen molar-refractivity contribution in [2.75, 3.05) is 14.2 Å². The Balaban J connectivity index is 2.12. The molecule has 152 valence electrons. The molecule has 2 aromatic heterocycles. The van der Waals surface area contributed by atoms with Crippen LogP contribution in [0.4, 0.5) is 0 Å². The molecule has 0 spiro atoms. The molecule has 0 aliphatic heterocycles. The second-order valence-electron chi connectivity index (χ2n) is 8.19. The van der Waals surface area contributed by atoms with Crippen molar-refractivity contribution in [1.82, 2.24) is 0 Å². The number of hydrogen-bond acceptors (Lipinski definition) is 6. The molecule has 0 saturated heterocycles. The van der Waals surface area contributed by atoms with Crippen molar-refractivity contribution in [3.05, 3.63) is 55.6 Å². The Morgan fingerprint density at radius 1 is 0.786 bits per heavy atom. The topological polar surface area (TPSA) is 78.9 Å². The highest BCUT2D eigenvalue weighted by molar-refractivity contribution is 5.42. The molecule has 0 aromatic carbocycles. The van der Waals surface area contributed by atoms with Crippen LogP contribution in [0.3, 0.4) is 0 Å². The van der Waals surface area contributed by atoms with E-state index in [1.807, 2.05) is 0 Å². The lowest BCUT2D eigenvalue weighted by atomic mass is 9.39. The Morgan fingerprint density at radius 3 is 1.39 bits per heavy atom. The van der Waals surface area contributed by atoms with E-state index < -0.39 is 22.1 Å². The van der Waals surface area contributed by atoms with Gasteiger partial charge in [-0.15, -0.1) is 0 Å². The largest absolute Gasteiger partial charge is 0.496 e. The zero-order valence-corrected chi connectivity index (χ0v) is 17.8. The summed E-state index contributed by atoms with van der Waals surface area (Å²) in [6, 6.07) is 3.60. The van der Waals surface area contributed by atoms with Gasteiger partial charge in [-0.05, 0) is 25.7 Å². The van der Waals surface area contributed by atoms with E-state index >= 15 is 0 Å². The fourth-order valence-electron chi connectivity index (χ4n) is 4.78. The van der Waals surface area contributed by atoms with E-state index in [2.05, 4.69) is 27.7 Å². The number of rotatable bonds is 4. The van der Waals surface area contributed by atoms with Crippen LogP contribution >= 0.6 is 0 Å². The molecule has 0 bridgehead atoms. The minimum atomic E-state index is -0.425. The molecule has 0 N–H and O–H groups in total. The third-order valence-corrected chi connectivity index (χ3v) is 7.38.